The van der Waals surface area contributed by atoms with Crippen LogP contribution in [0.5, 0.6) is 5.88 Å². The number of aromatic nitrogens is 2. The third kappa shape index (κ3) is 3.32. The maximum Gasteiger partial charge on any atom is 0.311 e. The van der Waals surface area contributed by atoms with E-state index in [-0.39, 0.29) is 6.54 Å². The summed E-state index contributed by atoms with van der Waals surface area (Å²) in [6, 6.07) is 1.71. The molecule has 1 unspecified atom stereocenters. The highest BCUT2D eigenvalue weighted by molar-refractivity contribution is 5.74. The SMILES string of the molecule is CCC(C)(CNc1nc(C)cc(OC)n1)C(=O)O. The van der Waals surface area contributed by atoms with Crippen LogP contribution < -0.4 is 10.1 Å². The Balaban J connectivity index is 2.79. The molecule has 0 saturated carbocycles. The molecular formula is C12H19N3O3. The Labute approximate surface area is 106 Å². The van der Waals surface area contributed by atoms with E-state index in [1.165, 1.54) is 7.11 Å². The number of nitrogens with zero attached hydrogens (tertiary/aromatic N) is 2. The number of carboxylic acids is 1. The third-order valence-electron chi connectivity index (χ3n) is 2.97. The van der Waals surface area contributed by atoms with Gasteiger partial charge in [0.1, 0.15) is 0 Å². The fourth-order valence-corrected chi connectivity index (χ4v) is 1.35. The Morgan fingerprint density at radius 2 is 2.22 bits per heavy atom. The van der Waals surface area contributed by atoms with E-state index in [2.05, 4.69) is 15.3 Å². The second-order valence-corrected chi connectivity index (χ2v) is 4.45. The summed E-state index contributed by atoms with van der Waals surface area (Å²) < 4.78 is 5.03. The molecule has 0 bridgehead atoms. The summed E-state index contributed by atoms with van der Waals surface area (Å²) >= 11 is 0. The topological polar surface area (TPSA) is 84.3 Å². The Morgan fingerprint density at radius 1 is 1.56 bits per heavy atom. The van der Waals surface area contributed by atoms with Crippen LogP contribution in [0.25, 0.3) is 0 Å². The fourth-order valence-electron chi connectivity index (χ4n) is 1.35. The molecule has 0 aliphatic carbocycles. The normalized spacial score (nSPS) is 13.8. The Hall–Kier alpha value is -1.85. The number of anilines is 1. The molecule has 0 aliphatic rings. The van der Waals surface area contributed by atoms with Crippen LogP contribution in [0.2, 0.25) is 0 Å². The summed E-state index contributed by atoms with van der Waals surface area (Å²) in [7, 11) is 1.53. The second kappa shape index (κ2) is 5.66. The second-order valence-electron chi connectivity index (χ2n) is 4.45. The zero-order chi connectivity index (χ0) is 13.8. The van der Waals surface area contributed by atoms with Crippen molar-refractivity contribution >= 4 is 11.9 Å². The molecule has 100 valence electrons. The van der Waals surface area contributed by atoms with Crippen LogP contribution in [0.15, 0.2) is 6.07 Å². The number of ether oxygens (including phenoxy) is 1. The van der Waals surface area contributed by atoms with Gasteiger partial charge in [0.2, 0.25) is 11.8 Å². The van der Waals surface area contributed by atoms with Gasteiger partial charge in [0.25, 0.3) is 0 Å². The number of methoxy groups -OCH3 is 1. The predicted octanol–water partition coefficient (Wildman–Crippen LogP) is 1.71. The van der Waals surface area contributed by atoms with Crippen molar-refractivity contribution in [2.75, 3.05) is 19.0 Å². The van der Waals surface area contributed by atoms with Gasteiger partial charge in [-0.05, 0) is 20.3 Å². The summed E-state index contributed by atoms with van der Waals surface area (Å²) in [5.74, 6) is 0.00317. The van der Waals surface area contributed by atoms with Gasteiger partial charge in [-0.15, -0.1) is 0 Å². The number of hydrogen-bond donors (Lipinski definition) is 2. The Bertz CT molecular complexity index is 437. The lowest BCUT2D eigenvalue weighted by Crippen LogP contribution is -2.34. The summed E-state index contributed by atoms with van der Waals surface area (Å²) in [6.07, 6.45) is 0.526. The predicted molar refractivity (Wildman–Crippen MR) is 67.8 cm³/mol. The first-order chi connectivity index (χ1) is 8.41. The summed E-state index contributed by atoms with van der Waals surface area (Å²) in [5, 5.41) is 12.1. The first kappa shape index (κ1) is 14.2. The number of carboxylic acid groups (broad SMARTS) is 1. The van der Waals surface area contributed by atoms with Gasteiger partial charge in [-0.2, -0.15) is 4.98 Å². The largest absolute Gasteiger partial charge is 0.481 e. The average Bonchev–Trinajstić information content (AvgIpc) is 2.35. The van der Waals surface area contributed by atoms with Gasteiger partial charge in [0.15, 0.2) is 0 Å². The van der Waals surface area contributed by atoms with E-state index in [1.54, 1.807) is 13.0 Å². The quantitative estimate of drug-likeness (QED) is 0.802. The van der Waals surface area contributed by atoms with Crippen LogP contribution in [0.3, 0.4) is 0 Å². The molecule has 6 nitrogen and oxygen atoms in total. The molecule has 1 atom stereocenters. The summed E-state index contributed by atoms with van der Waals surface area (Å²) in [6.45, 7) is 5.62. The molecule has 2 N–H and O–H groups in total. The Kier molecular flexibility index (Phi) is 4.47. The minimum atomic E-state index is -0.836. The molecule has 0 aliphatic heterocycles. The van der Waals surface area contributed by atoms with Crippen molar-refractivity contribution in [2.24, 2.45) is 5.41 Å². The van der Waals surface area contributed by atoms with Crippen molar-refractivity contribution < 1.29 is 14.6 Å². The first-order valence-electron chi connectivity index (χ1n) is 5.78. The molecule has 1 aromatic heterocycles. The van der Waals surface area contributed by atoms with E-state index in [4.69, 9.17) is 9.84 Å². The van der Waals surface area contributed by atoms with Crippen LogP contribution in [-0.4, -0.2) is 34.7 Å². The molecule has 18 heavy (non-hydrogen) atoms. The van der Waals surface area contributed by atoms with Gasteiger partial charge in [-0.25, -0.2) is 4.98 Å². The number of aryl methyl sites for hydroxylation is 1. The highest BCUT2D eigenvalue weighted by Crippen LogP contribution is 2.22. The summed E-state index contributed by atoms with van der Waals surface area (Å²) in [5.41, 5.74) is -0.0711. The highest BCUT2D eigenvalue weighted by Gasteiger charge is 2.31. The zero-order valence-electron chi connectivity index (χ0n) is 11.1. The Morgan fingerprint density at radius 3 is 2.72 bits per heavy atom. The number of hydrogen-bond acceptors (Lipinski definition) is 5. The monoisotopic (exact) mass is 253 g/mol. The van der Waals surface area contributed by atoms with Crippen molar-refractivity contribution in [3.63, 3.8) is 0 Å². The van der Waals surface area contributed by atoms with Crippen molar-refractivity contribution in [3.8, 4) is 5.88 Å². The molecule has 1 rings (SSSR count). The molecule has 6 heteroatoms. The molecule has 0 radical (unpaired) electrons. The van der Waals surface area contributed by atoms with E-state index in [0.29, 0.717) is 18.2 Å². The molecule has 0 aromatic carbocycles. The van der Waals surface area contributed by atoms with Gasteiger partial charge in [-0.1, -0.05) is 6.92 Å². The molecular weight excluding hydrogens is 234 g/mol. The fraction of sp³-hybridized carbons (Fsp3) is 0.583. The van der Waals surface area contributed by atoms with Gasteiger partial charge in [0.05, 0.1) is 12.5 Å². The van der Waals surface area contributed by atoms with Crippen molar-refractivity contribution in [1.29, 1.82) is 0 Å². The number of aliphatic carboxylic acids is 1. The lowest BCUT2D eigenvalue weighted by Gasteiger charge is -2.23. The lowest BCUT2D eigenvalue weighted by atomic mass is 9.88. The first-order valence-corrected chi connectivity index (χ1v) is 5.78. The van der Waals surface area contributed by atoms with Crippen LogP contribution in [-0.2, 0) is 4.79 Å². The van der Waals surface area contributed by atoms with E-state index in [1.807, 2.05) is 13.8 Å². The molecule has 1 aromatic rings. The minimum Gasteiger partial charge on any atom is -0.481 e. The lowest BCUT2D eigenvalue weighted by molar-refractivity contribution is -0.147. The standard InChI is InChI=1S/C12H19N3O3/c1-5-12(3,10(16)17)7-13-11-14-8(2)6-9(15-11)18-4/h6H,5,7H2,1-4H3,(H,16,17)(H,13,14,15). The van der Waals surface area contributed by atoms with Gasteiger partial charge in [0, 0.05) is 18.3 Å². The molecule has 0 amide bonds. The molecule has 0 spiro atoms. The molecule has 0 saturated heterocycles. The minimum absolute atomic E-state index is 0.269. The van der Waals surface area contributed by atoms with Crippen molar-refractivity contribution in [3.05, 3.63) is 11.8 Å². The highest BCUT2D eigenvalue weighted by atomic mass is 16.5. The summed E-state index contributed by atoms with van der Waals surface area (Å²) in [4.78, 5) is 19.5. The van der Waals surface area contributed by atoms with Crippen LogP contribution in [0.4, 0.5) is 5.95 Å². The van der Waals surface area contributed by atoms with Crippen LogP contribution in [0, 0.1) is 12.3 Å². The number of nitrogens with one attached hydrogen (secondary N) is 1. The van der Waals surface area contributed by atoms with E-state index in [0.717, 1.165) is 5.69 Å². The zero-order valence-corrected chi connectivity index (χ0v) is 11.1. The van der Waals surface area contributed by atoms with E-state index in [9.17, 15) is 4.79 Å². The van der Waals surface area contributed by atoms with Crippen molar-refractivity contribution in [1.82, 2.24) is 9.97 Å². The maximum absolute atomic E-state index is 11.2. The van der Waals surface area contributed by atoms with Crippen LogP contribution in [0.1, 0.15) is 26.0 Å². The number of rotatable bonds is 6. The maximum atomic E-state index is 11.2. The van der Waals surface area contributed by atoms with Crippen LogP contribution >= 0.6 is 0 Å². The molecule has 1 heterocycles. The van der Waals surface area contributed by atoms with E-state index >= 15 is 0 Å². The average molecular weight is 253 g/mol. The van der Waals surface area contributed by atoms with Crippen molar-refractivity contribution in [2.45, 2.75) is 27.2 Å². The van der Waals surface area contributed by atoms with Gasteiger partial charge >= 0.3 is 5.97 Å². The smallest absolute Gasteiger partial charge is 0.311 e. The number of carbonyl (C=O) groups is 1. The third-order valence-corrected chi connectivity index (χ3v) is 2.97. The molecule has 0 fully saturated rings. The van der Waals surface area contributed by atoms with E-state index < -0.39 is 11.4 Å². The van der Waals surface area contributed by atoms with Gasteiger partial charge < -0.3 is 15.2 Å². The van der Waals surface area contributed by atoms with Gasteiger partial charge in [-0.3, -0.25) is 4.79 Å².